The lowest BCUT2D eigenvalue weighted by Crippen LogP contribution is -2.39. The van der Waals surface area contributed by atoms with Crippen LogP contribution in [0.2, 0.25) is 0 Å². The van der Waals surface area contributed by atoms with E-state index in [0.717, 1.165) is 11.4 Å². The molecule has 3 N–H and O–H groups in total. The third kappa shape index (κ3) is 4.66. The van der Waals surface area contributed by atoms with E-state index in [0.29, 0.717) is 10.7 Å². The van der Waals surface area contributed by atoms with Crippen molar-refractivity contribution in [1.82, 2.24) is 15.6 Å². The van der Waals surface area contributed by atoms with Crippen LogP contribution in [0.5, 0.6) is 5.75 Å². The highest BCUT2D eigenvalue weighted by Gasteiger charge is 2.23. The average molecular weight is 396 g/mol. The number of hydrogen-bond acceptors (Lipinski definition) is 6. The summed E-state index contributed by atoms with van der Waals surface area (Å²) in [7, 11) is 3.14. The number of methoxy groups -OCH3 is 1. The van der Waals surface area contributed by atoms with Crippen molar-refractivity contribution in [2.75, 3.05) is 19.5 Å². The van der Waals surface area contributed by atoms with Gasteiger partial charge in [-0.05, 0) is 29.8 Å². The van der Waals surface area contributed by atoms with Gasteiger partial charge in [0, 0.05) is 18.1 Å². The second kappa shape index (κ2) is 9.01. The quantitative estimate of drug-likeness (QED) is 0.571. The molecule has 0 bridgehead atoms. The number of carbonyl (C=O) groups is 2. The Labute approximate surface area is 166 Å². The highest BCUT2D eigenvalue weighted by molar-refractivity contribution is 7.14. The fourth-order valence-electron chi connectivity index (χ4n) is 2.53. The van der Waals surface area contributed by atoms with Crippen LogP contribution < -0.4 is 20.7 Å². The third-order valence-electron chi connectivity index (χ3n) is 4.00. The molecule has 1 unspecified atom stereocenters. The van der Waals surface area contributed by atoms with Gasteiger partial charge in [-0.1, -0.05) is 30.3 Å². The summed E-state index contributed by atoms with van der Waals surface area (Å²) in [6.07, 6.45) is 0. The minimum atomic E-state index is -0.793. The monoisotopic (exact) mass is 396 g/mol. The lowest BCUT2D eigenvalue weighted by Gasteiger charge is -2.17. The van der Waals surface area contributed by atoms with Crippen LogP contribution >= 0.6 is 11.3 Å². The first-order valence-electron chi connectivity index (χ1n) is 8.54. The number of carbonyl (C=O) groups excluding carboxylic acids is 2. The largest absolute Gasteiger partial charge is 0.497 e. The van der Waals surface area contributed by atoms with E-state index in [1.807, 2.05) is 42.5 Å². The van der Waals surface area contributed by atoms with Gasteiger partial charge in [0.15, 0.2) is 5.13 Å². The molecule has 0 saturated heterocycles. The Bertz CT molecular complexity index is 942. The Kier molecular flexibility index (Phi) is 6.23. The molecule has 7 nitrogen and oxygen atoms in total. The van der Waals surface area contributed by atoms with Crippen LogP contribution in [0.25, 0.3) is 0 Å². The Morgan fingerprint density at radius 2 is 1.79 bits per heavy atom. The van der Waals surface area contributed by atoms with E-state index >= 15 is 0 Å². The first-order chi connectivity index (χ1) is 13.6. The summed E-state index contributed by atoms with van der Waals surface area (Å²) in [4.78, 5) is 29.1. The molecule has 3 aromatic rings. The number of aromatic nitrogens is 1. The van der Waals surface area contributed by atoms with Gasteiger partial charge in [0.25, 0.3) is 5.91 Å². The normalized spacial score (nSPS) is 11.4. The summed E-state index contributed by atoms with van der Waals surface area (Å²) in [6, 6.07) is 15.6. The smallest absolute Gasteiger partial charge is 0.271 e. The molecule has 0 spiro atoms. The van der Waals surface area contributed by atoms with Crippen LogP contribution in [-0.2, 0) is 4.79 Å². The fourth-order valence-corrected chi connectivity index (χ4v) is 3.24. The van der Waals surface area contributed by atoms with Gasteiger partial charge in [0.2, 0.25) is 5.91 Å². The minimum Gasteiger partial charge on any atom is -0.497 e. The van der Waals surface area contributed by atoms with Crippen molar-refractivity contribution in [3.8, 4) is 5.75 Å². The number of benzene rings is 2. The van der Waals surface area contributed by atoms with Gasteiger partial charge in [-0.15, -0.1) is 11.3 Å². The highest BCUT2D eigenvalue weighted by Crippen LogP contribution is 2.23. The number of nitrogens with zero attached hydrogens (tertiary/aromatic N) is 1. The molecule has 144 valence electrons. The van der Waals surface area contributed by atoms with Gasteiger partial charge in [0.05, 0.1) is 7.11 Å². The predicted octanol–water partition coefficient (Wildman–Crippen LogP) is 3.11. The van der Waals surface area contributed by atoms with E-state index in [4.69, 9.17) is 4.74 Å². The molecule has 0 aliphatic heterocycles. The van der Waals surface area contributed by atoms with Crippen LogP contribution in [0.4, 0.5) is 10.8 Å². The number of nitrogens with one attached hydrogen (secondary N) is 3. The molecule has 0 fully saturated rings. The standard InChI is InChI=1S/C20H20N4O3S/c1-21-19(26)17(13-6-4-3-5-7-13)24-18(25)16-12-28-20(23-16)22-14-8-10-15(27-2)11-9-14/h3-12,17H,1-2H3,(H,21,26)(H,22,23)(H,24,25). The molecule has 2 aromatic carbocycles. The van der Waals surface area contributed by atoms with Gasteiger partial charge in [-0.2, -0.15) is 0 Å². The molecular weight excluding hydrogens is 376 g/mol. The summed E-state index contributed by atoms with van der Waals surface area (Å²) in [6.45, 7) is 0. The van der Waals surface area contributed by atoms with Gasteiger partial charge in [-0.3, -0.25) is 9.59 Å². The molecule has 0 saturated carbocycles. The second-order valence-electron chi connectivity index (χ2n) is 5.82. The van der Waals surface area contributed by atoms with Gasteiger partial charge in [0.1, 0.15) is 17.5 Å². The molecule has 2 amide bonds. The van der Waals surface area contributed by atoms with E-state index in [1.165, 1.54) is 18.4 Å². The van der Waals surface area contributed by atoms with E-state index in [1.54, 1.807) is 24.6 Å². The zero-order valence-corrected chi connectivity index (χ0v) is 16.2. The number of ether oxygens (including phenoxy) is 1. The zero-order valence-electron chi connectivity index (χ0n) is 15.4. The first kappa shape index (κ1) is 19.4. The zero-order chi connectivity index (χ0) is 19.9. The summed E-state index contributed by atoms with van der Waals surface area (Å²) < 4.78 is 5.13. The van der Waals surface area contributed by atoms with Crippen molar-refractivity contribution >= 4 is 34.0 Å². The molecular formula is C20H20N4O3S. The van der Waals surface area contributed by atoms with Crippen LogP contribution in [-0.4, -0.2) is 31.0 Å². The molecule has 0 radical (unpaired) electrons. The predicted molar refractivity (Wildman–Crippen MR) is 109 cm³/mol. The van der Waals surface area contributed by atoms with Gasteiger partial charge < -0.3 is 20.7 Å². The topological polar surface area (TPSA) is 92.4 Å². The maximum atomic E-state index is 12.6. The van der Waals surface area contributed by atoms with Crippen LogP contribution in [0, 0.1) is 0 Å². The maximum absolute atomic E-state index is 12.6. The van der Waals surface area contributed by atoms with Crippen LogP contribution in [0.1, 0.15) is 22.1 Å². The van der Waals surface area contributed by atoms with E-state index in [2.05, 4.69) is 20.9 Å². The Balaban J connectivity index is 1.70. The Morgan fingerprint density at radius 3 is 2.43 bits per heavy atom. The number of thiazole rings is 1. The van der Waals surface area contributed by atoms with Crippen molar-refractivity contribution in [2.24, 2.45) is 0 Å². The molecule has 0 aliphatic rings. The van der Waals surface area contributed by atoms with Gasteiger partial charge >= 0.3 is 0 Å². The van der Waals surface area contributed by atoms with E-state index < -0.39 is 11.9 Å². The molecule has 28 heavy (non-hydrogen) atoms. The minimum absolute atomic E-state index is 0.242. The molecule has 0 aliphatic carbocycles. The molecule has 3 rings (SSSR count). The Morgan fingerprint density at radius 1 is 1.07 bits per heavy atom. The summed E-state index contributed by atoms with van der Waals surface area (Å²) >= 11 is 1.30. The lowest BCUT2D eigenvalue weighted by atomic mass is 10.1. The third-order valence-corrected chi connectivity index (χ3v) is 4.75. The number of rotatable bonds is 7. The summed E-state index contributed by atoms with van der Waals surface area (Å²) in [5, 5.41) is 10.7. The van der Waals surface area contributed by atoms with Crippen molar-refractivity contribution in [3.63, 3.8) is 0 Å². The van der Waals surface area contributed by atoms with Crippen molar-refractivity contribution in [2.45, 2.75) is 6.04 Å². The van der Waals surface area contributed by atoms with E-state index in [9.17, 15) is 9.59 Å². The van der Waals surface area contributed by atoms with Gasteiger partial charge in [-0.25, -0.2) is 4.98 Å². The summed E-state index contributed by atoms with van der Waals surface area (Å²) in [5.41, 5.74) is 1.77. The second-order valence-corrected chi connectivity index (χ2v) is 6.68. The van der Waals surface area contributed by atoms with Crippen LogP contribution in [0.15, 0.2) is 60.0 Å². The number of likely N-dealkylation sites (N-methyl/N-ethyl adjacent to an activating group) is 1. The van der Waals surface area contributed by atoms with E-state index in [-0.39, 0.29) is 11.6 Å². The fraction of sp³-hybridized carbons (Fsp3) is 0.150. The average Bonchev–Trinajstić information content (AvgIpc) is 3.21. The molecule has 8 heteroatoms. The molecule has 1 atom stereocenters. The first-order valence-corrected chi connectivity index (χ1v) is 9.42. The van der Waals surface area contributed by atoms with Crippen molar-refractivity contribution < 1.29 is 14.3 Å². The maximum Gasteiger partial charge on any atom is 0.271 e. The number of hydrogen-bond donors (Lipinski definition) is 3. The van der Waals surface area contributed by atoms with Crippen molar-refractivity contribution in [3.05, 3.63) is 71.2 Å². The molecule has 1 aromatic heterocycles. The van der Waals surface area contributed by atoms with Crippen LogP contribution in [0.3, 0.4) is 0 Å². The Hall–Kier alpha value is -3.39. The number of amides is 2. The lowest BCUT2D eigenvalue weighted by molar-refractivity contribution is -0.122. The summed E-state index contributed by atoms with van der Waals surface area (Å²) in [5.74, 6) is 0.0359. The SMILES string of the molecule is CNC(=O)C(NC(=O)c1csc(Nc2ccc(OC)cc2)n1)c1ccccc1. The van der Waals surface area contributed by atoms with Crippen molar-refractivity contribution in [1.29, 1.82) is 0 Å². The number of anilines is 2. The molecule has 1 heterocycles. The highest BCUT2D eigenvalue weighted by atomic mass is 32.1.